The van der Waals surface area contributed by atoms with Crippen LogP contribution in [0.2, 0.25) is 0 Å². The number of nitrogens with one attached hydrogen (secondary N) is 1. The Morgan fingerprint density at radius 3 is 2.64 bits per heavy atom. The summed E-state index contributed by atoms with van der Waals surface area (Å²) in [4.78, 5) is 12.1. The first-order valence-corrected chi connectivity index (χ1v) is 9.15. The summed E-state index contributed by atoms with van der Waals surface area (Å²) in [6, 6.07) is 9.03. The number of hydrogen-bond donors (Lipinski definition) is 1. The highest BCUT2D eigenvalue weighted by Crippen LogP contribution is 2.26. The van der Waals surface area contributed by atoms with Crippen LogP contribution in [0.25, 0.3) is 11.4 Å². The molecule has 3 aromatic rings. The number of hydrogen-bond acceptors (Lipinski definition) is 4. The molecule has 3 rings (SSSR count). The average molecular weight is 404 g/mol. The molecule has 0 unspecified atom stereocenters. The summed E-state index contributed by atoms with van der Waals surface area (Å²) in [6.45, 7) is 3.98. The number of benzene rings is 2. The number of allylic oxidation sites excluding steroid dienone is 1. The maximum atomic E-state index is 14.1. The van der Waals surface area contributed by atoms with Gasteiger partial charge < -0.3 is 5.32 Å². The van der Waals surface area contributed by atoms with Crippen LogP contribution in [-0.2, 0) is 11.3 Å². The maximum Gasteiger partial charge on any atom is 0.234 e. The van der Waals surface area contributed by atoms with Crippen LogP contribution in [0, 0.1) is 17.5 Å². The highest BCUT2D eigenvalue weighted by molar-refractivity contribution is 7.99. The topological polar surface area (TPSA) is 59.8 Å². The van der Waals surface area contributed by atoms with E-state index in [9.17, 15) is 18.0 Å². The Balaban J connectivity index is 1.74. The molecule has 28 heavy (non-hydrogen) atoms. The molecule has 144 valence electrons. The molecule has 1 aromatic heterocycles. The summed E-state index contributed by atoms with van der Waals surface area (Å²) in [6.07, 6.45) is 1.60. The summed E-state index contributed by atoms with van der Waals surface area (Å²) in [5.74, 6) is -2.33. The lowest BCUT2D eigenvalue weighted by atomic mass is 10.2. The van der Waals surface area contributed by atoms with Gasteiger partial charge in [-0.05, 0) is 24.3 Å². The third kappa shape index (κ3) is 4.42. The van der Waals surface area contributed by atoms with Gasteiger partial charge in [0.2, 0.25) is 5.91 Å². The van der Waals surface area contributed by atoms with Crippen LogP contribution < -0.4 is 5.32 Å². The molecule has 9 heteroatoms. The smallest absolute Gasteiger partial charge is 0.234 e. The molecule has 0 atom stereocenters. The molecule has 0 fully saturated rings. The fourth-order valence-corrected chi connectivity index (χ4v) is 3.19. The number of amides is 1. The second kappa shape index (κ2) is 8.75. The van der Waals surface area contributed by atoms with Gasteiger partial charge in [-0.2, -0.15) is 0 Å². The van der Waals surface area contributed by atoms with Crippen LogP contribution in [0.4, 0.5) is 18.9 Å². The first-order chi connectivity index (χ1) is 13.5. The number of carbonyl (C=O) groups is 1. The Morgan fingerprint density at radius 1 is 1.14 bits per heavy atom. The van der Waals surface area contributed by atoms with Crippen LogP contribution >= 0.6 is 11.8 Å². The van der Waals surface area contributed by atoms with E-state index in [1.807, 2.05) is 0 Å². The van der Waals surface area contributed by atoms with Gasteiger partial charge in [0.25, 0.3) is 0 Å². The number of nitrogens with zero attached hydrogens (tertiary/aromatic N) is 3. The molecule has 0 saturated carbocycles. The minimum atomic E-state index is -0.866. The van der Waals surface area contributed by atoms with E-state index < -0.39 is 23.4 Å². The molecule has 0 aliphatic rings. The molecule has 0 saturated heterocycles. The third-order valence-electron chi connectivity index (χ3n) is 3.68. The number of aromatic nitrogens is 3. The highest BCUT2D eigenvalue weighted by atomic mass is 32.2. The Morgan fingerprint density at radius 2 is 1.93 bits per heavy atom. The van der Waals surface area contributed by atoms with Crippen LogP contribution in [0.5, 0.6) is 0 Å². The lowest BCUT2D eigenvalue weighted by molar-refractivity contribution is -0.113. The van der Waals surface area contributed by atoms with Gasteiger partial charge >= 0.3 is 0 Å². The zero-order valence-electron chi connectivity index (χ0n) is 14.5. The maximum absolute atomic E-state index is 14.1. The molecule has 1 amide bonds. The van der Waals surface area contributed by atoms with Crippen molar-refractivity contribution in [2.45, 2.75) is 11.7 Å². The van der Waals surface area contributed by atoms with Crippen molar-refractivity contribution in [3.05, 3.63) is 72.6 Å². The van der Waals surface area contributed by atoms with Crippen LogP contribution in [-0.4, -0.2) is 26.4 Å². The minimum absolute atomic E-state index is 0.0939. The summed E-state index contributed by atoms with van der Waals surface area (Å²) >= 11 is 1.06. The van der Waals surface area contributed by atoms with Gasteiger partial charge in [-0.1, -0.05) is 30.0 Å². The first kappa shape index (κ1) is 19.7. The molecule has 0 spiro atoms. The van der Waals surface area contributed by atoms with Gasteiger partial charge in [-0.15, -0.1) is 16.8 Å². The van der Waals surface area contributed by atoms with Crippen LogP contribution in [0.15, 0.2) is 60.3 Å². The molecule has 0 aliphatic carbocycles. The predicted molar refractivity (Wildman–Crippen MR) is 101 cm³/mol. The largest absolute Gasteiger partial charge is 0.323 e. The lowest BCUT2D eigenvalue weighted by Gasteiger charge is -2.09. The van der Waals surface area contributed by atoms with Crippen molar-refractivity contribution in [2.24, 2.45) is 0 Å². The molecule has 2 aromatic carbocycles. The number of anilines is 1. The standard InChI is InChI=1S/C19H15F3N4OS/c1-2-9-26-18(13-5-3-4-6-14(13)21)24-25-19(26)28-11-17(27)23-16-8-7-12(20)10-15(16)22/h2-8,10H,1,9,11H2,(H,23,27). The normalized spacial score (nSPS) is 10.7. The fourth-order valence-electron chi connectivity index (χ4n) is 2.44. The van der Waals surface area contributed by atoms with Crippen molar-refractivity contribution in [2.75, 3.05) is 11.1 Å². The lowest BCUT2D eigenvalue weighted by Crippen LogP contribution is -2.15. The molecule has 0 bridgehead atoms. The summed E-state index contributed by atoms with van der Waals surface area (Å²) in [5, 5.41) is 10.8. The number of carbonyl (C=O) groups excluding carboxylic acids is 1. The quantitative estimate of drug-likeness (QED) is 0.472. The monoisotopic (exact) mass is 404 g/mol. The van der Waals surface area contributed by atoms with Crippen molar-refractivity contribution in [3.63, 3.8) is 0 Å². The van der Waals surface area contributed by atoms with Gasteiger partial charge in [0.1, 0.15) is 17.5 Å². The predicted octanol–water partition coefficient (Wildman–Crippen LogP) is 4.28. The molecule has 1 N–H and O–H groups in total. The molecular formula is C19H15F3N4OS. The Hall–Kier alpha value is -3.07. The minimum Gasteiger partial charge on any atom is -0.323 e. The second-order valence-corrected chi connectivity index (χ2v) is 6.59. The fraction of sp³-hybridized carbons (Fsp3) is 0.105. The van der Waals surface area contributed by atoms with Crippen molar-refractivity contribution >= 4 is 23.4 Å². The van der Waals surface area contributed by atoms with E-state index in [-0.39, 0.29) is 17.0 Å². The first-order valence-electron chi connectivity index (χ1n) is 8.16. The molecule has 0 aliphatic heterocycles. The van der Waals surface area contributed by atoms with Gasteiger partial charge in [-0.25, -0.2) is 13.2 Å². The van der Waals surface area contributed by atoms with E-state index in [2.05, 4.69) is 22.1 Å². The summed E-state index contributed by atoms with van der Waals surface area (Å²) in [5.41, 5.74) is 0.160. The number of thioether (sulfide) groups is 1. The van der Waals surface area contributed by atoms with E-state index in [4.69, 9.17) is 0 Å². The van der Waals surface area contributed by atoms with E-state index in [0.29, 0.717) is 23.6 Å². The molecule has 5 nitrogen and oxygen atoms in total. The zero-order valence-corrected chi connectivity index (χ0v) is 15.3. The van der Waals surface area contributed by atoms with E-state index in [1.54, 1.807) is 28.8 Å². The average Bonchev–Trinajstić information content (AvgIpc) is 3.06. The second-order valence-electron chi connectivity index (χ2n) is 5.65. The van der Waals surface area contributed by atoms with E-state index in [0.717, 1.165) is 23.9 Å². The highest BCUT2D eigenvalue weighted by Gasteiger charge is 2.17. The third-order valence-corrected chi connectivity index (χ3v) is 4.65. The molecule has 0 radical (unpaired) electrons. The Labute approximate surface area is 163 Å². The summed E-state index contributed by atoms with van der Waals surface area (Å²) in [7, 11) is 0. The summed E-state index contributed by atoms with van der Waals surface area (Å²) < 4.78 is 42.3. The van der Waals surface area contributed by atoms with Gasteiger partial charge in [0.15, 0.2) is 11.0 Å². The zero-order chi connectivity index (χ0) is 20.1. The van der Waals surface area contributed by atoms with E-state index in [1.165, 1.54) is 6.07 Å². The van der Waals surface area contributed by atoms with Crippen molar-refractivity contribution < 1.29 is 18.0 Å². The van der Waals surface area contributed by atoms with Gasteiger partial charge in [0, 0.05) is 12.6 Å². The van der Waals surface area contributed by atoms with Gasteiger partial charge in [-0.3, -0.25) is 9.36 Å². The van der Waals surface area contributed by atoms with Crippen molar-refractivity contribution in [1.82, 2.24) is 14.8 Å². The number of rotatable bonds is 7. The van der Waals surface area contributed by atoms with Crippen molar-refractivity contribution in [3.8, 4) is 11.4 Å². The van der Waals surface area contributed by atoms with Gasteiger partial charge in [0.05, 0.1) is 17.0 Å². The van der Waals surface area contributed by atoms with Crippen molar-refractivity contribution in [1.29, 1.82) is 0 Å². The molecular weight excluding hydrogens is 389 g/mol. The van der Waals surface area contributed by atoms with E-state index >= 15 is 0 Å². The number of halogens is 3. The molecule has 1 heterocycles. The van der Waals surface area contributed by atoms with Crippen LogP contribution in [0.3, 0.4) is 0 Å². The SMILES string of the molecule is C=CCn1c(SCC(=O)Nc2ccc(F)cc2F)nnc1-c1ccccc1F. The Kier molecular flexibility index (Phi) is 6.15. The Bertz CT molecular complexity index is 1020. The van der Waals surface area contributed by atoms with Crippen LogP contribution in [0.1, 0.15) is 0 Å².